The lowest BCUT2D eigenvalue weighted by Crippen LogP contribution is -2.25. The van der Waals surface area contributed by atoms with E-state index in [1.165, 1.54) is 6.33 Å². The smallest absolute Gasteiger partial charge is 0.354 e. The van der Waals surface area contributed by atoms with Crippen molar-refractivity contribution >= 4 is 17.3 Å². The Hall–Kier alpha value is -2.00. The molecule has 1 aromatic rings. The molecule has 1 aromatic heterocycles. The first-order chi connectivity index (χ1) is 8.63. The fourth-order valence-corrected chi connectivity index (χ4v) is 1.42. The summed E-state index contributed by atoms with van der Waals surface area (Å²) in [5.41, 5.74) is 1.89. The van der Waals surface area contributed by atoms with Gasteiger partial charge in [-0.3, -0.25) is 10.1 Å². The molecule has 4 N–H and O–H groups in total. The molecular formula is C9H16N6O3. The zero-order chi connectivity index (χ0) is 13.5. The predicted molar refractivity (Wildman–Crippen MR) is 66.1 cm³/mol. The summed E-state index contributed by atoms with van der Waals surface area (Å²) in [4.78, 5) is 18.0. The topological polar surface area (TPSA) is 128 Å². The standard InChI is InChI=1S/C9H16N6O3/c1-3-6(4-18-2)13-8-7(15(16)17)9(14-10)12-5-11-8/h5-6H,3-4,10H2,1-2H3,(H2,11,12,13,14). The zero-order valence-electron chi connectivity index (χ0n) is 10.2. The molecule has 1 heterocycles. The van der Waals surface area contributed by atoms with E-state index in [1.54, 1.807) is 7.11 Å². The van der Waals surface area contributed by atoms with E-state index >= 15 is 0 Å². The lowest BCUT2D eigenvalue weighted by molar-refractivity contribution is -0.383. The third kappa shape index (κ3) is 3.25. The number of nitrogens with one attached hydrogen (secondary N) is 2. The fraction of sp³-hybridized carbons (Fsp3) is 0.556. The van der Waals surface area contributed by atoms with E-state index in [2.05, 4.69) is 20.7 Å². The van der Waals surface area contributed by atoms with Gasteiger partial charge in [-0.25, -0.2) is 15.8 Å². The highest BCUT2D eigenvalue weighted by atomic mass is 16.6. The maximum Gasteiger partial charge on any atom is 0.354 e. The number of methoxy groups -OCH3 is 1. The molecular weight excluding hydrogens is 240 g/mol. The number of nitrogens with two attached hydrogens (primary N) is 1. The number of nitrogens with zero attached hydrogens (tertiary/aromatic N) is 3. The van der Waals surface area contributed by atoms with E-state index in [0.29, 0.717) is 6.61 Å². The first kappa shape index (κ1) is 14.1. The van der Waals surface area contributed by atoms with Crippen LogP contribution >= 0.6 is 0 Å². The van der Waals surface area contributed by atoms with Crippen molar-refractivity contribution in [1.29, 1.82) is 0 Å². The molecule has 0 fully saturated rings. The number of nitro groups is 1. The van der Waals surface area contributed by atoms with Gasteiger partial charge in [-0.1, -0.05) is 6.92 Å². The first-order valence-electron chi connectivity index (χ1n) is 5.35. The van der Waals surface area contributed by atoms with Crippen molar-refractivity contribution in [3.63, 3.8) is 0 Å². The monoisotopic (exact) mass is 256 g/mol. The molecule has 0 aromatic carbocycles. The predicted octanol–water partition coefficient (Wildman–Crippen LogP) is 0.507. The molecule has 1 atom stereocenters. The Bertz CT molecular complexity index is 413. The Morgan fingerprint density at radius 2 is 2.22 bits per heavy atom. The average molecular weight is 256 g/mol. The molecule has 0 bridgehead atoms. The number of anilines is 2. The van der Waals surface area contributed by atoms with Gasteiger partial charge in [0.25, 0.3) is 0 Å². The summed E-state index contributed by atoms with van der Waals surface area (Å²) in [5, 5.41) is 13.9. The second-order valence-corrected chi connectivity index (χ2v) is 3.53. The fourth-order valence-electron chi connectivity index (χ4n) is 1.42. The second-order valence-electron chi connectivity index (χ2n) is 3.53. The van der Waals surface area contributed by atoms with Crippen LogP contribution in [0.1, 0.15) is 13.3 Å². The van der Waals surface area contributed by atoms with Crippen molar-refractivity contribution in [3.8, 4) is 0 Å². The summed E-state index contributed by atoms with van der Waals surface area (Å²) < 4.78 is 5.01. The van der Waals surface area contributed by atoms with Gasteiger partial charge in [0.15, 0.2) is 0 Å². The number of nitrogen functional groups attached to an aromatic ring is 1. The summed E-state index contributed by atoms with van der Waals surface area (Å²) in [6.45, 7) is 2.36. The minimum absolute atomic E-state index is 0.0373. The van der Waals surface area contributed by atoms with E-state index in [-0.39, 0.29) is 23.4 Å². The number of aromatic nitrogens is 2. The summed E-state index contributed by atoms with van der Waals surface area (Å²) in [6.07, 6.45) is 1.93. The van der Waals surface area contributed by atoms with Crippen LogP contribution in [-0.2, 0) is 4.74 Å². The van der Waals surface area contributed by atoms with Gasteiger partial charge in [-0.05, 0) is 6.42 Å². The van der Waals surface area contributed by atoms with Crippen LogP contribution in [0, 0.1) is 10.1 Å². The third-order valence-electron chi connectivity index (χ3n) is 2.34. The average Bonchev–Trinajstić information content (AvgIpc) is 2.37. The molecule has 0 aliphatic carbocycles. The Morgan fingerprint density at radius 1 is 1.56 bits per heavy atom. The van der Waals surface area contributed by atoms with E-state index in [9.17, 15) is 10.1 Å². The molecule has 0 saturated heterocycles. The summed E-state index contributed by atoms with van der Waals surface area (Å²) >= 11 is 0. The Balaban J connectivity index is 3.03. The van der Waals surface area contributed by atoms with Gasteiger partial charge in [-0.15, -0.1) is 0 Å². The maximum absolute atomic E-state index is 11.0. The summed E-state index contributed by atoms with van der Waals surface area (Å²) in [7, 11) is 1.56. The number of rotatable bonds is 7. The van der Waals surface area contributed by atoms with Crippen molar-refractivity contribution in [2.45, 2.75) is 19.4 Å². The molecule has 1 rings (SSSR count). The number of ether oxygens (including phenoxy) is 1. The Morgan fingerprint density at radius 3 is 2.72 bits per heavy atom. The van der Waals surface area contributed by atoms with Gasteiger partial charge in [0, 0.05) is 7.11 Å². The normalized spacial score (nSPS) is 11.9. The minimum atomic E-state index is -0.586. The van der Waals surface area contributed by atoms with Crippen molar-refractivity contribution in [2.75, 3.05) is 24.5 Å². The third-order valence-corrected chi connectivity index (χ3v) is 2.34. The zero-order valence-corrected chi connectivity index (χ0v) is 10.2. The van der Waals surface area contributed by atoms with Gasteiger partial charge in [0.05, 0.1) is 17.6 Å². The quantitative estimate of drug-likeness (QED) is 0.365. The van der Waals surface area contributed by atoms with E-state index in [4.69, 9.17) is 10.6 Å². The van der Waals surface area contributed by atoms with Crippen molar-refractivity contribution < 1.29 is 9.66 Å². The minimum Gasteiger partial charge on any atom is -0.383 e. The Kier molecular flexibility index (Phi) is 5.21. The van der Waals surface area contributed by atoms with Crippen LogP contribution in [0.5, 0.6) is 0 Å². The summed E-state index contributed by atoms with van der Waals surface area (Å²) in [6, 6.07) is -0.0748. The van der Waals surface area contributed by atoms with Crippen LogP contribution in [-0.4, -0.2) is 34.6 Å². The second kappa shape index (κ2) is 6.67. The van der Waals surface area contributed by atoms with Gasteiger partial charge in [0.1, 0.15) is 6.33 Å². The van der Waals surface area contributed by atoms with Crippen LogP contribution in [0.25, 0.3) is 0 Å². The molecule has 100 valence electrons. The SMILES string of the molecule is CCC(COC)Nc1ncnc(NN)c1[N+](=O)[O-]. The number of hydrazine groups is 1. The van der Waals surface area contributed by atoms with Crippen LogP contribution in [0.2, 0.25) is 0 Å². The van der Waals surface area contributed by atoms with Crippen molar-refractivity contribution in [1.82, 2.24) is 9.97 Å². The van der Waals surface area contributed by atoms with Crippen LogP contribution in [0.4, 0.5) is 17.3 Å². The highest BCUT2D eigenvalue weighted by Crippen LogP contribution is 2.28. The molecule has 0 spiro atoms. The molecule has 0 aliphatic heterocycles. The molecule has 18 heavy (non-hydrogen) atoms. The lowest BCUT2D eigenvalue weighted by atomic mass is 10.2. The van der Waals surface area contributed by atoms with E-state index in [0.717, 1.165) is 6.42 Å². The highest BCUT2D eigenvalue weighted by molar-refractivity contribution is 5.69. The van der Waals surface area contributed by atoms with E-state index < -0.39 is 4.92 Å². The van der Waals surface area contributed by atoms with Gasteiger partial charge >= 0.3 is 5.69 Å². The van der Waals surface area contributed by atoms with Gasteiger partial charge in [0.2, 0.25) is 11.6 Å². The van der Waals surface area contributed by atoms with Gasteiger partial charge < -0.3 is 15.5 Å². The van der Waals surface area contributed by atoms with Crippen molar-refractivity contribution in [3.05, 3.63) is 16.4 Å². The first-order valence-corrected chi connectivity index (χ1v) is 5.35. The van der Waals surface area contributed by atoms with Gasteiger partial charge in [-0.2, -0.15) is 0 Å². The highest BCUT2D eigenvalue weighted by Gasteiger charge is 2.23. The molecule has 0 radical (unpaired) electrons. The largest absolute Gasteiger partial charge is 0.383 e. The summed E-state index contributed by atoms with van der Waals surface area (Å²) in [5.74, 6) is 5.26. The molecule has 0 amide bonds. The number of hydrogen-bond donors (Lipinski definition) is 3. The molecule has 1 unspecified atom stereocenters. The molecule has 9 heteroatoms. The molecule has 0 aliphatic rings. The number of hydrogen-bond acceptors (Lipinski definition) is 8. The molecule has 9 nitrogen and oxygen atoms in total. The van der Waals surface area contributed by atoms with Crippen LogP contribution in [0.3, 0.4) is 0 Å². The van der Waals surface area contributed by atoms with E-state index in [1.807, 2.05) is 6.92 Å². The molecule has 0 saturated carbocycles. The van der Waals surface area contributed by atoms with Crippen LogP contribution in [0.15, 0.2) is 6.33 Å². The van der Waals surface area contributed by atoms with Crippen molar-refractivity contribution in [2.24, 2.45) is 5.84 Å². The maximum atomic E-state index is 11.0. The lowest BCUT2D eigenvalue weighted by Gasteiger charge is -2.16. The Labute approximate surface area is 104 Å². The van der Waals surface area contributed by atoms with Crippen LogP contribution < -0.4 is 16.6 Å².